The van der Waals surface area contributed by atoms with Gasteiger partial charge in [0, 0.05) is 5.39 Å². The molecule has 1 aliphatic rings. The van der Waals surface area contributed by atoms with Gasteiger partial charge in [0.1, 0.15) is 18.0 Å². The Hall–Kier alpha value is -1.81. The van der Waals surface area contributed by atoms with Crippen molar-refractivity contribution in [2.45, 2.75) is 44.8 Å². The number of benzene rings is 1. The lowest BCUT2D eigenvalue weighted by atomic mass is 9.98. The zero-order valence-corrected chi connectivity index (χ0v) is 12.1. The van der Waals surface area contributed by atoms with Crippen molar-refractivity contribution in [1.82, 2.24) is 5.32 Å². The van der Waals surface area contributed by atoms with E-state index in [-0.39, 0.29) is 18.6 Å². The van der Waals surface area contributed by atoms with Crippen LogP contribution in [-0.4, -0.2) is 18.6 Å². The first-order chi connectivity index (χ1) is 10.3. The maximum atomic E-state index is 11.8. The van der Waals surface area contributed by atoms with Crippen LogP contribution in [0.5, 0.6) is 0 Å². The van der Waals surface area contributed by atoms with Crippen molar-refractivity contribution < 1.29 is 13.9 Å². The smallest absolute Gasteiger partial charge is 0.246 e. The first-order valence-corrected chi connectivity index (χ1v) is 7.67. The number of rotatable bonds is 5. The van der Waals surface area contributed by atoms with E-state index in [1.165, 1.54) is 19.3 Å². The molecule has 1 saturated carbocycles. The van der Waals surface area contributed by atoms with Crippen LogP contribution >= 0.6 is 0 Å². The molecule has 3 rings (SSSR count). The van der Waals surface area contributed by atoms with E-state index >= 15 is 0 Å². The molecule has 1 heterocycles. The first-order valence-electron chi connectivity index (χ1n) is 7.67. The standard InChI is InChI=1S/C17H21NO3/c19-17(12-20-14-7-2-1-3-8-14)18-11-15-10-13-6-4-5-9-16(13)21-15/h4-6,9-10,14H,1-3,7-8,11-12H2,(H,18,19). The Morgan fingerprint density at radius 2 is 2.05 bits per heavy atom. The number of hydrogen-bond donors (Lipinski definition) is 1. The van der Waals surface area contributed by atoms with Crippen LogP contribution in [0.2, 0.25) is 0 Å². The van der Waals surface area contributed by atoms with Gasteiger partial charge in [0.2, 0.25) is 5.91 Å². The molecule has 1 aromatic carbocycles. The molecule has 0 spiro atoms. The van der Waals surface area contributed by atoms with Gasteiger partial charge < -0.3 is 14.5 Å². The Balaban J connectivity index is 1.44. The van der Waals surface area contributed by atoms with Gasteiger partial charge >= 0.3 is 0 Å². The third-order valence-corrected chi connectivity index (χ3v) is 3.94. The molecule has 0 saturated heterocycles. The van der Waals surface area contributed by atoms with Crippen molar-refractivity contribution in [3.05, 3.63) is 36.1 Å². The van der Waals surface area contributed by atoms with Crippen LogP contribution in [0, 0.1) is 0 Å². The second-order valence-electron chi connectivity index (χ2n) is 5.60. The minimum Gasteiger partial charge on any atom is -0.459 e. The largest absolute Gasteiger partial charge is 0.459 e. The highest BCUT2D eigenvalue weighted by atomic mass is 16.5. The monoisotopic (exact) mass is 287 g/mol. The van der Waals surface area contributed by atoms with Crippen LogP contribution in [0.3, 0.4) is 0 Å². The van der Waals surface area contributed by atoms with E-state index in [9.17, 15) is 4.79 Å². The maximum Gasteiger partial charge on any atom is 0.246 e. The summed E-state index contributed by atoms with van der Waals surface area (Å²) in [7, 11) is 0. The van der Waals surface area contributed by atoms with Gasteiger partial charge in [0.05, 0.1) is 12.6 Å². The number of para-hydroxylation sites is 1. The minimum absolute atomic E-state index is 0.0824. The van der Waals surface area contributed by atoms with Crippen LogP contribution in [0.15, 0.2) is 34.7 Å². The Labute approximate surface area is 124 Å². The van der Waals surface area contributed by atoms with Crippen molar-refractivity contribution in [3.63, 3.8) is 0 Å². The molecule has 1 aliphatic carbocycles. The molecule has 112 valence electrons. The molecule has 2 aromatic rings. The Morgan fingerprint density at radius 3 is 2.86 bits per heavy atom. The fourth-order valence-electron chi connectivity index (χ4n) is 2.79. The third-order valence-electron chi connectivity index (χ3n) is 3.94. The fourth-order valence-corrected chi connectivity index (χ4v) is 2.79. The molecular weight excluding hydrogens is 266 g/mol. The Morgan fingerprint density at radius 1 is 1.24 bits per heavy atom. The quantitative estimate of drug-likeness (QED) is 0.917. The minimum atomic E-state index is -0.0824. The normalized spacial score (nSPS) is 16.2. The predicted molar refractivity (Wildman–Crippen MR) is 80.9 cm³/mol. The van der Waals surface area contributed by atoms with Gasteiger partial charge in [-0.1, -0.05) is 37.5 Å². The third kappa shape index (κ3) is 3.85. The molecule has 0 aliphatic heterocycles. The van der Waals surface area contributed by atoms with E-state index in [0.29, 0.717) is 6.54 Å². The summed E-state index contributed by atoms with van der Waals surface area (Å²) >= 11 is 0. The Bertz CT molecular complexity index is 566. The lowest BCUT2D eigenvalue weighted by Crippen LogP contribution is -2.30. The van der Waals surface area contributed by atoms with Gasteiger partial charge in [-0.15, -0.1) is 0 Å². The summed E-state index contributed by atoms with van der Waals surface area (Å²) in [5.74, 6) is 0.684. The van der Waals surface area contributed by atoms with Crippen LogP contribution in [0.25, 0.3) is 11.0 Å². The van der Waals surface area contributed by atoms with Gasteiger partial charge in [-0.05, 0) is 25.0 Å². The van der Waals surface area contributed by atoms with Crippen LogP contribution in [0.4, 0.5) is 0 Å². The Kier molecular flexibility index (Phi) is 4.55. The summed E-state index contributed by atoms with van der Waals surface area (Å²) in [6.07, 6.45) is 6.14. The summed E-state index contributed by atoms with van der Waals surface area (Å²) in [5.41, 5.74) is 0.847. The number of hydrogen-bond acceptors (Lipinski definition) is 3. The summed E-state index contributed by atoms with van der Waals surface area (Å²) in [5, 5.41) is 3.90. The molecule has 0 unspecified atom stereocenters. The molecule has 1 fully saturated rings. The van der Waals surface area contributed by atoms with Crippen molar-refractivity contribution in [1.29, 1.82) is 0 Å². The topological polar surface area (TPSA) is 51.5 Å². The molecular formula is C17H21NO3. The maximum absolute atomic E-state index is 11.8. The average Bonchev–Trinajstić information content (AvgIpc) is 2.95. The van der Waals surface area contributed by atoms with Crippen LogP contribution in [-0.2, 0) is 16.1 Å². The van der Waals surface area contributed by atoms with Crippen molar-refractivity contribution in [3.8, 4) is 0 Å². The zero-order valence-electron chi connectivity index (χ0n) is 12.1. The van der Waals surface area contributed by atoms with Gasteiger partial charge in [-0.2, -0.15) is 0 Å². The van der Waals surface area contributed by atoms with E-state index < -0.39 is 0 Å². The van der Waals surface area contributed by atoms with Gasteiger partial charge in [0.25, 0.3) is 0 Å². The van der Waals surface area contributed by atoms with E-state index in [1.54, 1.807) is 0 Å². The molecule has 0 atom stereocenters. The molecule has 0 bridgehead atoms. The first kappa shape index (κ1) is 14.1. The summed E-state index contributed by atoms with van der Waals surface area (Å²) in [4.78, 5) is 11.8. The van der Waals surface area contributed by atoms with Gasteiger partial charge in [0.15, 0.2) is 0 Å². The van der Waals surface area contributed by atoms with Gasteiger partial charge in [-0.25, -0.2) is 0 Å². The van der Waals surface area contributed by atoms with E-state index in [0.717, 1.165) is 29.6 Å². The number of ether oxygens (including phenoxy) is 1. The summed E-state index contributed by atoms with van der Waals surface area (Å²) < 4.78 is 11.3. The predicted octanol–water partition coefficient (Wildman–Crippen LogP) is 3.40. The lowest BCUT2D eigenvalue weighted by Gasteiger charge is -2.21. The second kappa shape index (κ2) is 6.76. The fraction of sp³-hybridized carbons (Fsp3) is 0.471. The number of carbonyl (C=O) groups excluding carboxylic acids is 1. The van der Waals surface area contributed by atoms with Crippen LogP contribution in [0.1, 0.15) is 37.9 Å². The lowest BCUT2D eigenvalue weighted by molar-refractivity contribution is -0.128. The molecule has 21 heavy (non-hydrogen) atoms. The second-order valence-corrected chi connectivity index (χ2v) is 5.60. The number of furan rings is 1. The van der Waals surface area contributed by atoms with Crippen LogP contribution < -0.4 is 5.32 Å². The van der Waals surface area contributed by atoms with Crippen molar-refractivity contribution in [2.24, 2.45) is 0 Å². The van der Waals surface area contributed by atoms with E-state index in [4.69, 9.17) is 9.15 Å². The molecule has 1 amide bonds. The number of carbonyl (C=O) groups is 1. The summed E-state index contributed by atoms with van der Waals surface area (Å²) in [6, 6.07) is 9.78. The highest BCUT2D eigenvalue weighted by Gasteiger charge is 2.15. The number of fused-ring (bicyclic) bond motifs is 1. The van der Waals surface area contributed by atoms with Gasteiger partial charge in [-0.3, -0.25) is 4.79 Å². The molecule has 1 aromatic heterocycles. The molecule has 4 heteroatoms. The van der Waals surface area contributed by atoms with Crippen molar-refractivity contribution >= 4 is 16.9 Å². The highest BCUT2D eigenvalue weighted by Crippen LogP contribution is 2.20. The summed E-state index contributed by atoms with van der Waals surface area (Å²) in [6.45, 7) is 0.548. The molecule has 4 nitrogen and oxygen atoms in total. The molecule has 1 N–H and O–H groups in total. The highest BCUT2D eigenvalue weighted by molar-refractivity contribution is 5.79. The van der Waals surface area contributed by atoms with Crippen molar-refractivity contribution in [2.75, 3.05) is 6.61 Å². The van der Waals surface area contributed by atoms with E-state index in [2.05, 4.69) is 5.32 Å². The molecule has 0 radical (unpaired) electrons. The number of nitrogens with one attached hydrogen (secondary N) is 1. The number of amides is 1. The zero-order chi connectivity index (χ0) is 14.5. The SMILES string of the molecule is O=C(COC1CCCCC1)NCc1cc2ccccc2o1. The van der Waals surface area contributed by atoms with E-state index in [1.807, 2.05) is 30.3 Å². The average molecular weight is 287 g/mol.